The molecule has 11 rings (SSSR count). The maximum atomic E-state index is 16.5. The Morgan fingerprint density at radius 1 is 0.594 bits per heavy atom. The minimum absolute atomic E-state index is 0.0162. The van der Waals surface area contributed by atoms with Crippen LogP contribution in [0, 0.1) is 20.2 Å². The molecule has 4 amide bonds. The summed E-state index contributed by atoms with van der Waals surface area (Å²) >= 11 is 0. The number of carbonyl (C=O) groups excluding carboxylic acids is 6. The normalized spacial score (nSPS) is 18.8. The van der Waals surface area contributed by atoms with Gasteiger partial charge >= 0.3 is 29.8 Å². The van der Waals surface area contributed by atoms with Crippen molar-refractivity contribution in [1.82, 2.24) is 34.9 Å². The number of alkyl carbamates (subject to hydrolysis) is 1. The van der Waals surface area contributed by atoms with Gasteiger partial charge in [-0.25, -0.2) is 19.2 Å². The fourth-order valence-corrected chi connectivity index (χ4v) is 15.3. The number of unbranched alkanes of at least 4 members (excludes halogenated alkanes) is 8. The fourth-order valence-electron chi connectivity index (χ4n) is 15.3. The van der Waals surface area contributed by atoms with E-state index in [1.54, 1.807) is 134 Å². The number of methoxy groups -OCH3 is 2. The number of hydrogen-bond acceptors (Lipinski definition) is 26. The highest BCUT2D eigenvalue weighted by atomic mass is 16.7. The molecule has 0 aliphatic carbocycles. The van der Waals surface area contributed by atoms with E-state index in [0.717, 1.165) is 80.7 Å². The second kappa shape index (κ2) is 48.9. The number of esters is 2. The van der Waals surface area contributed by atoms with Gasteiger partial charge in [-0.05, 0) is 119 Å². The number of aromatic nitrogens is 2. The van der Waals surface area contributed by atoms with Crippen molar-refractivity contribution < 1.29 is 100 Å². The summed E-state index contributed by atoms with van der Waals surface area (Å²) in [4.78, 5) is 144. The third-order valence-corrected chi connectivity index (χ3v) is 22.3. The minimum atomic E-state index is -1.74. The van der Waals surface area contributed by atoms with Gasteiger partial charge in [-0.2, -0.15) is 0 Å². The molecule has 8 aromatic rings. The molecule has 3 N–H and O–H groups in total. The van der Waals surface area contributed by atoms with Crippen molar-refractivity contribution >= 4 is 47.3 Å². The van der Waals surface area contributed by atoms with Crippen LogP contribution in [-0.2, 0) is 94.8 Å². The molecule has 10 atom stereocenters. The van der Waals surface area contributed by atoms with E-state index in [1.165, 1.54) is 90.4 Å². The largest absolute Gasteiger partial charge is 0.497 e. The highest BCUT2D eigenvalue weighted by molar-refractivity contribution is 5.89. The molecular weight excluding hydrogens is 1660 g/mol. The van der Waals surface area contributed by atoms with Gasteiger partial charge in [0.1, 0.15) is 61.4 Å². The van der Waals surface area contributed by atoms with Crippen molar-refractivity contribution in [2.24, 2.45) is 0 Å². The fraction of sp³-hybridized carbons (Fsp3) is 0.447. The maximum absolute atomic E-state index is 16.5. The molecule has 1 aromatic heterocycles. The van der Waals surface area contributed by atoms with Crippen molar-refractivity contribution in [3.05, 3.63) is 268 Å². The van der Waals surface area contributed by atoms with Crippen LogP contribution in [-0.4, -0.2) is 193 Å². The lowest BCUT2D eigenvalue weighted by Gasteiger charge is -2.38. The quantitative estimate of drug-likeness (QED) is 0.0105. The number of likely N-dealkylation sites (N-methyl/N-ethyl adjacent to an activating group) is 2. The molecular formula is C94H113N9O25. The first-order valence-electron chi connectivity index (χ1n) is 43.2. The number of hydrogen-bond donors (Lipinski definition) is 3. The number of benzene rings is 7. The predicted molar refractivity (Wildman–Crippen MR) is 467 cm³/mol. The summed E-state index contributed by atoms with van der Waals surface area (Å²) in [7, 11) is 5.96. The molecule has 7 unspecified atom stereocenters. The van der Waals surface area contributed by atoms with Gasteiger partial charge in [-0.1, -0.05) is 156 Å². The number of non-ortho nitro benzene ring substituents is 2. The Balaban J connectivity index is 0.883. The summed E-state index contributed by atoms with van der Waals surface area (Å²) in [5.41, 5.74) is 2.26. The number of amides is 4. The molecule has 3 aliphatic rings. The molecule has 3 saturated heterocycles. The molecule has 34 heteroatoms. The molecule has 0 radical (unpaired) electrons. The Labute approximate surface area is 741 Å². The molecule has 0 bridgehead atoms. The first-order chi connectivity index (χ1) is 62.0. The molecule has 4 heterocycles. The first-order valence-corrected chi connectivity index (χ1v) is 43.2. The molecule has 0 saturated carbocycles. The Bertz CT molecular complexity index is 4990. The molecule has 3 fully saturated rings. The molecule has 34 nitrogen and oxygen atoms in total. The van der Waals surface area contributed by atoms with E-state index in [4.69, 9.17) is 61.6 Å². The van der Waals surface area contributed by atoms with Crippen molar-refractivity contribution in [3.63, 3.8) is 0 Å². The lowest BCUT2D eigenvalue weighted by molar-refractivity contribution is -0.385. The van der Waals surface area contributed by atoms with Crippen molar-refractivity contribution in [3.8, 4) is 23.0 Å². The average Bonchev–Trinajstić information content (AvgIpc) is 1.61. The Hall–Kier alpha value is -12.6. The second-order valence-corrected chi connectivity index (χ2v) is 31.5. The number of H-pyrrole nitrogens is 1. The number of aromatic amines is 1. The van der Waals surface area contributed by atoms with E-state index in [0.29, 0.717) is 69.6 Å². The number of nitro groups is 2. The summed E-state index contributed by atoms with van der Waals surface area (Å²) in [6.07, 6.45) is -2.28. The van der Waals surface area contributed by atoms with Gasteiger partial charge in [0.05, 0.1) is 69.1 Å². The Morgan fingerprint density at radius 3 is 1.71 bits per heavy atom. The van der Waals surface area contributed by atoms with E-state index in [2.05, 4.69) is 29.5 Å². The van der Waals surface area contributed by atoms with Gasteiger partial charge in [0.2, 0.25) is 11.8 Å². The second-order valence-electron chi connectivity index (χ2n) is 31.5. The monoisotopic (exact) mass is 1770 g/mol. The Kier molecular flexibility index (Phi) is 36.7. The summed E-state index contributed by atoms with van der Waals surface area (Å²) in [5.74, 6) is -1.11. The van der Waals surface area contributed by atoms with Crippen molar-refractivity contribution in [1.29, 1.82) is 0 Å². The SMILES string of the molecule is CCCCCCCOc1ccc(CN(CCC(=O)NCCC(=O)OC2CN(C)C(C(OC3CC(OCc4ccc(OC)cc4)C(CNC(=O)OCc4ccc([N+](=O)[O-])cc4)O3)[C@H]3O[C@@H](n4ccc(=O)[nH]c4=O)C[C@@H]3OCc3ccc(OC)cc3)C(=O)N(C)C2C(=O)OC(c2ccccc2)c2ccccc2)C(=O)OCc2ccc([N+](=O)[O-])cc2)cc1OCCCCCCC. The van der Waals surface area contributed by atoms with Crippen LogP contribution in [0.2, 0.25) is 0 Å². The number of nitro benzene ring substituents is 2. The zero-order valence-electron chi connectivity index (χ0n) is 72.8. The third-order valence-electron chi connectivity index (χ3n) is 22.3. The first kappa shape index (κ1) is 96.0. The number of ether oxygens (including phenoxy) is 13. The van der Waals surface area contributed by atoms with E-state index in [9.17, 15) is 49.0 Å². The number of rotatable bonds is 48. The van der Waals surface area contributed by atoms with Crippen LogP contribution >= 0.6 is 0 Å². The van der Waals surface area contributed by atoms with Crippen LogP contribution in [0.4, 0.5) is 21.0 Å². The summed E-state index contributed by atoms with van der Waals surface area (Å²) in [5, 5.41) is 28.4. The smallest absolute Gasteiger partial charge is 0.410 e. The third kappa shape index (κ3) is 28.2. The van der Waals surface area contributed by atoms with E-state index in [1.807, 2.05) is 0 Å². The van der Waals surface area contributed by atoms with Crippen molar-refractivity contribution in [2.45, 2.75) is 204 Å². The van der Waals surface area contributed by atoms with Crippen LogP contribution in [0.25, 0.3) is 0 Å². The zero-order chi connectivity index (χ0) is 90.9. The van der Waals surface area contributed by atoms with Gasteiger partial charge in [-0.3, -0.25) is 53.9 Å². The minimum Gasteiger partial charge on any atom is -0.497 e. The van der Waals surface area contributed by atoms with Crippen LogP contribution in [0.15, 0.2) is 198 Å². The molecule has 7 aromatic carbocycles. The molecule has 0 spiro atoms. The van der Waals surface area contributed by atoms with Gasteiger partial charge in [-0.15, -0.1) is 0 Å². The highest BCUT2D eigenvalue weighted by Gasteiger charge is 2.55. The zero-order valence-corrected chi connectivity index (χ0v) is 72.8. The standard InChI is InChI=1S/C94H113N9O25/c1-7-9-11-13-21-51-118-74-44-35-67(53-75(74)119-52-22-14-12-10-8-2)57-100(94(111)123-62-64-29-38-71(39-30-64)103(114)115)49-46-80(104)95-48-45-83(106)124-79-58-98(3)86(90(107)99(4)85(79)91(108)128-87(68-23-17-15-18-24-68)69-25-19-16-20-26-69)89(88-77(121-60-66-33-42-73(117-6)43-34-66)54-82(126-88)101-50-47-81(105)97-92(101)109)127-84-55-76(120-59-65-31-40-72(116-5)41-32-65)78(125-84)56-96-93(110)122-61-63-27-36-70(37-28-63)102(112)113/h15-20,23-44,47,50,53,76-79,82,84-89H,7-14,21-22,45-46,48-49,51-52,54-62H2,1-6H3,(H,95,104)(H,96,110)(H,97,105,109)/t76?,77-,78?,79?,82+,84?,85?,86?,88-,89?/m0/s1. The molecule has 3 aliphatic heterocycles. The maximum Gasteiger partial charge on any atom is 0.410 e. The molecule has 128 heavy (non-hydrogen) atoms. The lowest BCUT2D eigenvalue weighted by atomic mass is 9.98. The van der Waals surface area contributed by atoms with Gasteiger partial charge < -0.3 is 82.0 Å². The lowest BCUT2D eigenvalue weighted by Crippen LogP contribution is -2.59. The molecule has 684 valence electrons. The predicted octanol–water partition coefficient (Wildman–Crippen LogP) is 13.1. The van der Waals surface area contributed by atoms with Gasteiger partial charge in [0, 0.05) is 95.6 Å². The summed E-state index contributed by atoms with van der Waals surface area (Å²) < 4.78 is 83.5. The van der Waals surface area contributed by atoms with Crippen LogP contribution in [0.5, 0.6) is 23.0 Å². The topological polar surface area (TPSA) is 397 Å². The number of carbonyl (C=O) groups is 6. The van der Waals surface area contributed by atoms with E-state index in [-0.39, 0.29) is 83.2 Å². The number of nitrogens with one attached hydrogen (secondary N) is 3. The van der Waals surface area contributed by atoms with E-state index < -0.39 is 137 Å². The number of nitrogens with zero attached hydrogens (tertiary/aromatic N) is 6. The highest BCUT2D eigenvalue weighted by Crippen LogP contribution is 2.40. The van der Waals surface area contributed by atoms with Crippen LogP contribution < -0.4 is 40.8 Å². The van der Waals surface area contributed by atoms with Crippen LogP contribution in [0.3, 0.4) is 0 Å². The average molecular weight is 1770 g/mol. The van der Waals surface area contributed by atoms with Crippen molar-refractivity contribution in [2.75, 3.05) is 67.7 Å². The Morgan fingerprint density at radius 2 is 1.14 bits per heavy atom. The van der Waals surface area contributed by atoms with Gasteiger partial charge in [0.25, 0.3) is 16.9 Å². The summed E-state index contributed by atoms with van der Waals surface area (Å²) in [6, 6.07) is 46.2. The van der Waals surface area contributed by atoms with Crippen LogP contribution in [0.1, 0.15) is 155 Å². The van der Waals surface area contributed by atoms with E-state index >= 15 is 9.59 Å². The summed E-state index contributed by atoms with van der Waals surface area (Å²) in [6.45, 7) is 3.41. The van der Waals surface area contributed by atoms with Gasteiger partial charge in [0.15, 0.2) is 29.9 Å².